The van der Waals surface area contributed by atoms with E-state index in [0.717, 1.165) is 12.0 Å². The topological polar surface area (TPSA) is 76.7 Å². The van der Waals surface area contributed by atoms with Crippen LogP contribution in [0, 0.1) is 12.8 Å². The van der Waals surface area contributed by atoms with E-state index in [1.807, 2.05) is 32.0 Å². The second kappa shape index (κ2) is 11.1. The van der Waals surface area contributed by atoms with Crippen molar-refractivity contribution in [3.05, 3.63) is 59.7 Å². The molecule has 0 fully saturated rings. The number of carbonyl (C=O) groups excluding carboxylic acids is 2. The maximum absolute atomic E-state index is 12.4. The highest BCUT2D eigenvalue weighted by Crippen LogP contribution is 2.16. The largest absolute Gasteiger partial charge is 0.494 e. The molecule has 2 rings (SSSR count). The zero-order valence-corrected chi connectivity index (χ0v) is 17.5. The minimum atomic E-state index is -0.700. The molecule has 2 aromatic rings. The molecule has 0 spiro atoms. The highest BCUT2D eigenvalue weighted by Gasteiger charge is 2.19. The van der Waals surface area contributed by atoms with Gasteiger partial charge in [-0.05, 0) is 67.6 Å². The Hall–Kier alpha value is -3.02. The van der Waals surface area contributed by atoms with Gasteiger partial charge in [0.25, 0.3) is 11.8 Å². The van der Waals surface area contributed by atoms with E-state index in [-0.39, 0.29) is 0 Å². The Kier molecular flexibility index (Phi) is 8.52. The van der Waals surface area contributed by atoms with Crippen LogP contribution in [0.25, 0.3) is 0 Å². The first-order valence-electron chi connectivity index (χ1n) is 9.95. The number of ether oxygens (including phenoxy) is 2. The Balaban J connectivity index is 1.84. The van der Waals surface area contributed by atoms with Gasteiger partial charge in [0.15, 0.2) is 6.10 Å². The Labute approximate surface area is 172 Å². The lowest BCUT2D eigenvalue weighted by molar-refractivity contribution is -0.128. The van der Waals surface area contributed by atoms with Crippen LogP contribution in [-0.2, 0) is 4.79 Å². The molecule has 2 amide bonds. The molecule has 0 aromatic heterocycles. The van der Waals surface area contributed by atoms with Crippen LogP contribution in [-0.4, -0.2) is 24.5 Å². The molecule has 1 atom stereocenters. The van der Waals surface area contributed by atoms with Crippen molar-refractivity contribution in [1.29, 1.82) is 0 Å². The summed E-state index contributed by atoms with van der Waals surface area (Å²) in [5.74, 6) is 1.09. The zero-order chi connectivity index (χ0) is 21.2. The molecule has 0 heterocycles. The molecule has 0 bridgehead atoms. The van der Waals surface area contributed by atoms with Gasteiger partial charge in [0.2, 0.25) is 0 Å². The van der Waals surface area contributed by atoms with Gasteiger partial charge in [0.05, 0.1) is 6.61 Å². The van der Waals surface area contributed by atoms with E-state index in [4.69, 9.17) is 9.47 Å². The molecule has 6 nitrogen and oxygen atoms in total. The van der Waals surface area contributed by atoms with Gasteiger partial charge in [0.1, 0.15) is 11.5 Å². The quantitative estimate of drug-likeness (QED) is 0.625. The molecular formula is C23H30N2O4. The number of hydrogen-bond donors (Lipinski definition) is 2. The third-order valence-electron chi connectivity index (χ3n) is 4.31. The lowest BCUT2D eigenvalue weighted by Crippen LogP contribution is -2.47. The smallest absolute Gasteiger partial charge is 0.279 e. The average molecular weight is 399 g/mol. The fraction of sp³-hybridized carbons (Fsp3) is 0.391. The van der Waals surface area contributed by atoms with Crippen LogP contribution in [0.2, 0.25) is 0 Å². The van der Waals surface area contributed by atoms with Crippen molar-refractivity contribution in [3.63, 3.8) is 0 Å². The summed E-state index contributed by atoms with van der Waals surface area (Å²) in [6.07, 6.45) is 0.740. The van der Waals surface area contributed by atoms with E-state index in [1.165, 1.54) is 0 Å². The molecule has 0 aliphatic heterocycles. The second-order valence-corrected chi connectivity index (χ2v) is 7.33. The Morgan fingerprint density at radius 2 is 1.72 bits per heavy atom. The van der Waals surface area contributed by atoms with Crippen LogP contribution >= 0.6 is 0 Å². The molecule has 2 N–H and O–H groups in total. The van der Waals surface area contributed by atoms with Gasteiger partial charge in [0, 0.05) is 5.56 Å². The summed E-state index contributed by atoms with van der Waals surface area (Å²) in [4.78, 5) is 24.6. The minimum Gasteiger partial charge on any atom is -0.494 e. The number of rotatable bonds is 9. The zero-order valence-electron chi connectivity index (χ0n) is 17.5. The average Bonchev–Trinajstić information content (AvgIpc) is 2.70. The van der Waals surface area contributed by atoms with Gasteiger partial charge < -0.3 is 9.47 Å². The predicted molar refractivity (Wildman–Crippen MR) is 113 cm³/mol. The molecule has 1 unspecified atom stereocenters. The van der Waals surface area contributed by atoms with Crippen molar-refractivity contribution in [2.45, 2.75) is 46.6 Å². The van der Waals surface area contributed by atoms with Gasteiger partial charge in [-0.25, -0.2) is 0 Å². The highest BCUT2D eigenvalue weighted by molar-refractivity contribution is 5.95. The van der Waals surface area contributed by atoms with Gasteiger partial charge in [-0.2, -0.15) is 0 Å². The van der Waals surface area contributed by atoms with E-state index in [0.29, 0.717) is 36.0 Å². The summed E-state index contributed by atoms with van der Waals surface area (Å²) in [6, 6.07) is 14.3. The minimum absolute atomic E-state index is 0.405. The molecule has 0 saturated heterocycles. The van der Waals surface area contributed by atoms with Crippen LogP contribution in [0.4, 0.5) is 0 Å². The highest BCUT2D eigenvalue weighted by atomic mass is 16.5. The van der Waals surface area contributed by atoms with Crippen LogP contribution < -0.4 is 20.3 Å². The fourth-order valence-corrected chi connectivity index (χ4v) is 2.56. The number of nitrogens with one attached hydrogen (secondary N) is 2. The number of carbonyl (C=O) groups is 2. The van der Waals surface area contributed by atoms with Crippen molar-refractivity contribution in [2.24, 2.45) is 5.92 Å². The molecule has 0 saturated carbocycles. The van der Waals surface area contributed by atoms with Crippen molar-refractivity contribution in [1.82, 2.24) is 10.9 Å². The van der Waals surface area contributed by atoms with Crippen LogP contribution in [0.5, 0.6) is 11.5 Å². The van der Waals surface area contributed by atoms with E-state index < -0.39 is 17.9 Å². The first kappa shape index (κ1) is 22.3. The number of hydrogen-bond acceptors (Lipinski definition) is 4. The molecule has 0 radical (unpaired) electrons. The monoisotopic (exact) mass is 398 g/mol. The fourth-order valence-electron chi connectivity index (χ4n) is 2.56. The molecule has 0 aliphatic rings. The third-order valence-corrected chi connectivity index (χ3v) is 4.31. The van der Waals surface area contributed by atoms with Crippen molar-refractivity contribution < 1.29 is 19.1 Å². The molecule has 2 aromatic carbocycles. The summed E-state index contributed by atoms with van der Waals surface area (Å²) in [5.41, 5.74) is 6.33. The summed E-state index contributed by atoms with van der Waals surface area (Å²) in [6.45, 7) is 8.72. The first-order valence-corrected chi connectivity index (χ1v) is 9.95. The van der Waals surface area contributed by atoms with E-state index in [2.05, 4.69) is 24.7 Å². The molecule has 156 valence electrons. The van der Waals surface area contributed by atoms with Crippen molar-refractivity contribution in [2.75, 3.05) is 6.61 Å². The van der Waals surface area contributed by atoms with Crippen molar-refractivity contribution >= 4 is 11.8 Å². The number of amides is 2. The number of benzene rings is 2. The standard InChI is InChI=1S/C23H30N2O4/c1-5-21(29-20-8-6-7-17(4)15-20)23(27)25-24-22(26)18-9-11-19(12-10-18)28-14-13-16(2)3/h6-12,15-16,21H,5,13-14H2,1-4H3,(H,24,26)(H,25,27). The normalized spacial score (nSPS) is 11.6. The summed E-state index contributed by atoms with van der Waals surface area (Å²) < 4.78 is 11.4. The van der Waals surface area contributed by atoms with E-state index >= 15 is 0 Å². The third kappa shape index (κ3) is 7.49. The van der Waals surface area contributed by atoms with Crippen molar-refractivity contribution in [3.8, 4) is 11.5 Å². The molecule has 6 heteroatoms. The Morgan fingerprint density at radius 3 is 2.34 bits per heavy atom. The molecule has 29 heavy (non-hydrogen) atoms. The van der Waals surface area contributed by atoms with Gasteiger partial charge in [-0.3, -0.25) is 20.4 Å². The van der Waals surface area contributed by atoms with Gasteiger partial charge >= 0.3 is 0 Å². The Bertz CT molecular complexity index is 803. The first-order chi connectivity index (χ1) is 13.9. The van der Waals surface area contributed by atoms with Crippen LogP contribution in [0.15, 0.2) is 48.5 Å². The van der Waals surface area contributed by atoms with Gasteiger partial charge in [-0.1, -0.05) is 32.9 Å². The van der Waals surface area contributed by atoms with E-state index in [9.17, 15) is 9.59 Å². The Morgan fingerprint density at radius 1 is 1.00 bits per heavy atom. The summed E-state index contributed by atoms with van der Waals surface area (Å²) in [7, 11) is 0. The lowest BCUT2D eigenvalue weighted by atomic mass is 10.1. The van der Waals surface area contributed by atoms with Gasteiger partial charge in [-0.15, -0.1) is 0 Å². The number of aryl methyl sites for hydroxylation is 1. The summed E-state index contributed by atoms with van der Waals surface area (Å²) in [5, 5.41) is 0. The van der Waals surface area contributed by atoms with Crippen LogP contribution in [0.1, 0.15) is 49.5 Å². The summed E-state index contributed by atoms with van der Waals surface area (Å²) >= 11 is 0. The van der Waals surface area contributed by atoms with E-state index in [1.54, 1.807) is 30.3 Å². The maximum atomic E-state index is 12.4. The van der Waals surface area contributed by atoms with Crippen LogP contribution in [0.3, 0.4) is 0 Å². The number of hydrazine groups is 1. The molecular weight excluding hydrogens is 368 g/mol. The molecule has 0 aliphatic carbocycles. The predicted octanol–water partition coefficient (Wildman–Crippen LogP) is 4.04. The maximum Gasteiger partial charge on any atom is 0.279 e. The lowest BCUT2D eigenvalue weighted by Gasteiger charge is -2.18. The SMILES string of the molecule is CCC(Oc1cccc(C)c1)C(=O)NNC(=O)c1ccc(OCCC(C)C)cc1. The second-order valence-electron chi connectivity index (χ2n) is 7.33.